The number of allylic oxidation sites excluding steroid dienone is 5. The summed E-state index contributed by atoms with van der Waals surface area (Å²) in [5.41, 5.74) is 3.34. The van der Waals surface area contributed by atoms with E-state index in [0.717, 1.165) is 29.3 Å². The first-order valence-electron chi connectivity index (χ1n) is 6.89. The third kappa shape index (κ3) is 2.53. The number of carboxylic acid groups (broad SMARTS) is 1. The monoisotopic (exact) mass is 298 g/mol. The van der Waals surface area contributed by atoms with Gasteiger partial charge in [-0.15, -0.1) is 0 Å². The molecule has 0 atom stereocenters. The Morgan fingerprint density at radius 3 is 2.82 bits per heavy atom. The SMILES string of the molecule is CNC=C1C=CC(c2cc3c(C(=O)O)cc(F)cc3[nH]2)=CC1. The highest BCUT2D eigenvalue weighted by Crippen LogP contribution is 2.28. The number of fused-ring (bicyclic) bond motifs is 1. The Kier molecular flexibility index (Phi) is 3.55. The van der Waals surface area contributed by atoms with Crippen molar-refractivity contribution in [3.63, 3.8) is 0 Å². The van der Waals surface area contributed by atoms with Gasteiger partial charge in [-0.25, -0.2) is 9.18 Å². The van der Waals surface area contributed by atoms with E-state index in [2.05, 4.69) is 10.3 Å². The number of aromatic amines is 1. The second-order valence-corrected chi connectivity index (χ2v) is 5.11. The molecule has 0 aliphatic heterocycles. The zero-order chi connectivity index (χ0) is 15.7. The van der Waals surface area contributed by atoms with Crippen molar-refractivity contribution in [2.75, 3.05) is 7.05 Å². The lowest BCUT2D eigenvalue weighted by Crippen LogP contribution is -1.97. The van der Waals surface area contributed by atoms with Gasteiger partial charge in [-0.05, 0) is 42.0 Å². The molecule has 5 heteroatoms. The number of rotatable bonds is 3. The van der Waals surface area contributed by atoms with Gasteiger partial charge in [0, 0.05) is 23.6 Å². The van der Waals surface area contributed by atoms with Crippen LogP contribution in [0.3, 0.4) is 0 Å². The third-order valence-electron chi connectivity index (χ3n) is 3.61. The van der Waals surface area contributed by atoms with Gasteiger partial charge in [-0.2, -0.15) is 0 Å². The molecule has 0 saturated carbocycles. The Morgan fingerprint density at radius 2 is 2.18 bits per heavy atom. The van der Waals surface area contributed by atoms with Crippen LogP contribution in [0.4, 0.5) is 4.39 Å². The summed E-state index contributed by atoms with van der Waals surface area (Å²) in [6.45, 7) is 0. The molecule has 1 aromatic carbocycles. The minimum Gasteiger partial charge on any atom is -0.478 e. The van der Waals surface area contributed by atoms with Gasteiger partial charge in [-0.3, -0.25) is 0 Å². The summed E-state index contributed by atoms with van der Waals surface area (Å²) in [6, 6.07) is 4.10. The molecule has 1 aliphatic carbocycles. The zero-order valence-electron chi connectivity index (χ0n) is 12.0. The van der Waals surface area contributed by atoms with Crippen molar-refractivity contribution in [2.24, 2.45) is 0 Å². The average Bonchev–Trinajstić information content (AvgIpc) is 2.91. The molecule has 112 valence electrons. The summed E-state index contributed by atoms with van der Waals surface area (Å²) in [6.07, 6.45) is 8.70. The fourth-order valence-electron chi connectivity index (χ4n) is 2.59. The number of hydrogen-bond donors (Lipinski definition) is 3. The molecule has 0 bridgehead atoms. The molecule has 0 saturated heterocycles. The van der Waals surface area contributed by atoms with E-state index < -0.39 is 11.8 Å². The van der Waals surface area contributed by atoms with Gasteiger partial charge in [0.2, 0.25) is 0 Å². The number of benzene rings is 1. The van der Waals surface area contributed by atoms with E-state index in [9.17, 15) is 14.3 Å². The highest BCUT2D eigenvalue weighted by atomic mass is 19.1. The lowest BCUT2D eigenvalue weighted by atomic mass is 10.0. The first-order chi connectivity index (χ1) is 10.6. The lowest BCUT2D eigenvalue weighted by Gasteiger charge is -2.07. The molecule has 2 aromatic rings. The van der Waals surface area contributed by atoms with E-state index in [1.54, 1.807) is 6.07 Å². The van der Waals surface area contributed by atoms with Crippen LogP contribution in [-0.4, -0.2) is 23.1 Å². The Balaban J connectivity index is 2.04. The summed E-state index contributed by atoms with van der Waals surface area (Å²) < 4.78 is 13.5. The topological polar surface area (TPSA) is 65.1 Å². The number of aromatic carboxylic acids is 1. The van der Waals surface area contributed by atoms with Crippen molar-refractivity contribution in [2.45, 2.75) is 6.42 Å². The summed E-state index contributed by atoms with van der Waals surface area (Å²) in [5.74, 6) is -1.70. The zero-order valence-corrected chi connectivity index (χ0v) is 12.0. The lowest BCUT2D eigenvalue weighted by molar-refractivity contribution is 0.0698. The molecule has 0 amide bonds. The van der Waals surface area contributed by atoms with E-state index in [4.69, 9.17) is 0 Å². The quantitative estimate of drug-likeness (QED) is 0.813. The number of aromatic nitrogens is 1. The van der Waals surface area contributed by atoms with Gasteiger partial charge in [0.15, 0.2) is 0 Å². The molecule has 0 unspecified atom stereocenters. The molecule has 22 heavy (non-hydrogen) atoms. The highest BCUT2D eigenvalue weighted by Gasteiger charge is 2.15. The highest BCUT2D eigenvalue weighted by molar-refractivity contribution is 6.04. The van der Waals surface area contributed by atoms with E-state index >= 15 is 0 Å². The average molecular weight is 298 g/mol. The normalized spacial score (nSPS) is 16.1. The van der Waals surface area contributed by atoms with E-state index in [1.165, 1.54) is 6.07 Å². The molecule has 4 nitrogen and oxygen atoms in total. The number of H-pyrrole nitrogens is 1. The van der Waals surface area contributed by atoms with Crippen LogP contribution in [0.5, 0.6) is 0 Å². The summed E-state index contributed by atoms with van der Waals surface area (Å²) in [5, 5.41) is 12.7. The largest absolute Gasteiger partial charge is 0.478 e. The Morgan fingerprint density at radius 1 is 1.36 bits per heavy atom. The molecule has 3 rings (SSSR count). The Bertz CT molecular complexity index is 844. The summed E-state index contributed by atoms with van der Waals surface area (Å²) in [7, 11) is 1.85. The molecular weight excluding hydrogens is 283 g/mol. The van der Waals surface area contributed by atoms with Gasteiger partial charge in [0.05, 0.1) is 5.56 Å². The van der Waals surface area contributed by atoms with Gasteiger partial charge in [-0.1, -0.05) is 18.2 Å². The third-order valence-corrected chi connectivity index (χ3v) is 3.61. The number of hydrogen-bond acceptors (Lipinski definition) is 2. The number of nitrogens with one attached hydrogen (secondary N) is 2. The maximum Gasteiger partial charge on any atom is 0.336 e. The molecule has 3 N–H and O–H groups in total. The van der Waals surface area contributed by atoms with Crippen molar-refractivity contribution in [1.82, 2.24) is 10.3 Å². The minimum absolute atomic E-state index is 0.0337. The number of halogens is 1. The van der Waals surface area contributed by atoms with Gasteiger partial charge in [0.1, 0.15) is 5.82 Å². The van der Waals surface area contributed by atoms with Gasteiger partial charge < -0.3 is 15.4 Å². The summed E-state index contributed by atoms with van der Waals surface area (Å²) in [4.78, 5) is 14.3. The van der Waals surface area contributed by atoms with Crippen molar-refractivity contribution in [3.05, 3.63) is 65.3 Å². The first kappa shape index (κ1) is 14.1. The van der Waals surface area contributed by atoms with Crippen molar-refractivity contribution in [1.29, 1.82) is 0 Å². The van der Waals surface area contributed by atoms with Crippen LogP contribution in [0.25, 0.3) is 16.5 Å². The van der Waals surface area contributed by atoms with Crippen LogP contribution in [0.1, 0.15) is 22.5 Å². The van der Waals surface area contributed by atoms with Crippen LogP contribution in [0, 0.1) is 5.82 Å². The first-order valence-corrected chi connectivity index (χ1v) is 6.89. The van der Waals surface area contributed by atoms with Crippen molar-refractivity contribution >= 4 is 22.4 Å². The number of carbonyl (C=O) groups is 1. The molecular formula is C17H15FN2O2. The van der Waals surface area contributed by atoms with Crippen LogP contribution in [-0.2, 0) is 0 Å². The second-order valence-electron chi connectivity index (χ2n) is 5.11. The smallest absolute Gasteiger partial charge is 0.336 e. The predicted octanol–water partition coefficient (Wildman–Crippen LogP) is 3.45. The number of carboxylic acids is 1. The van der Waals surface area contributed by atoms with Gasteiger partial charge >= 0.3 is 5.97 Å². The van der Waals surface area contributed by atoms with Crippen LogP contribution < -0.4 is 5.32 Å². The van der Waals surface area contributed by atoms with E-state index in [1.807, 2.05) is 31.5 Å². The second kappa shape index (κ2) is 5.52. The predicted molar refractivity (Wildman–Crippen MR) is 84.1 cm³/mol. The maximum absolute atomic E-state index is 13.5. The van der Waals surface area contributed by atoms with Crippen LogP contribution in [0.2, 0.25) is 0 Å². The Hall–Kier alpha value is -2.82. The minimum atomic E-state index is -1.14. The molecule has 0 spiro atoms. The Labute approximate surface area is 126 Å². The maximum atomic E-state index is 13.5. The van der Waals surface area contributed by atoms with Crippen LogP contribution >= 0.6 is 0 Å². The molecule has 1 aromatic heterocycles. The van der Waals surface area contributed by atoms with Crippen molar-refractivity contribution < 1.29 is 14.3 Å². The molecule has 1 aliphatic rings. The standard InChI is InChI=1S/C17H15FN2O2/c1-19-9-10-2-4-11(5-3-10)15-8-13-14(17(21)22)6-12(18)7-16(13)20-15/h2,4-9,19-20H,3H2,1H3,(H,21,22). The summed E-state index contributed by atoms with van der Waals surface area (Å²) >= 11 is 0. The van der Waals surface area contributed by atoms with Crippen molar-refractivity contribution in [3.8, 4) is 0 Å². The van der Waals surface area contributed by atoms with Crippen LogP contribution in [0.15, 0.2) is 48.2 Å². The molecule has 0 fully saturated rings. The van der Waals surface area contributed by atoms with Gasteiger partial charge in [0.25, 0.3) is 0 Å². The fraction of sp³-hybridized carbons (Fsp3) is 0.118. The van der Waals surface area contributed by atoms with E-state index in [-0.39, 0.29) is 5.56 Å². The fourth-order valence-corrected chi connectivity index (χ4v) is 2.59. The van der Waals surface area contributed by atoms with E-state index in [0.29, 0.717) is 10.9 Å². The molecule has 1 heterocycles. The molecule has 0 radical (unpaired) electrons.